The maximum Gasteiger partial charge on any atom is 0.0476 e. The number of nitrogens with two attached hydrogens (primary N) is 1. The second kappa shape index (κ2) is 5.94. The smallest absolute Gasteiger partial charge is 0.0476 e. The number of benzene rings is 2. The summed E-state index contributed by atoms with van der Waals surface area (Å²) in [5, 5.41) is 2.66. The third kappa shape index (κ3) is 2.72. The first-order chi connectivity index (χ1) is 9.83. The van der Waals surface area contributed by atoms with Crippen LogP contribution in [0.25, 0.3) is 10.8 Å². The van der Waals surface area contributed by atoms with Gasteiger partial charge in [0.05, 0.1) is 0 Å². The lowest BCUT2D eigenvalue weighted by Crippen LogP contribution is -2.35. The number of likely N-dealkylation sites (N-methyl/N-ethyl adjacent to an activating group) is 1. The number of fused-ring (bicyclic) bond motifs is 1. The van der Waals surface area contributed by atoms with Crippen molar-refractivity contribution in [2.24, 2.45) is 11.7 Å². The Morgan fingerprint density at radius 1 is 1.15 bits per heavy atom. The van der Waals surface area contributed by atoms with Crippen molar-refractivity contribution in [1.29, 1.82) is 0 Å². The van der Waals surface area contributed by atoms with Crippen molar-refractivity contribution in [3.8, 4) is 0 Å². The van der Waals surface area contributed by atoms with Crippen molar-refractivity contribution in [1.82, 2.24) is 4.90 Å². The Morgan fingerprint density at radius 3 is 2.60 bits per heavy atom. The van der Waals surface area contributed by atoms with Gasteiger partial charge in [-0.2, -0.15) is 0 Å². The topological polar surface area (TPSA) is 29.3 Å². The summed E-state index contributed by atoms with van der Waals surface area (Å²) in [6.45, 7) is 5.20. The zero-order valence-electron chi connectivity index (χ0n) is 12.3. The first-order valence-corrected chi connectivity index (χ1v) is 7.75. The predicted molar refractivity (Wildman–Crippen MR) is 85.7 cm³/mol. The van der Waals surface area contributed by atoms with E-state index in [2.05, 4.69) is 54.3 Å². The van der Waals surface area contributed by atoms with Crippen LogP contribution in [-0.4, -0.2) is 24.5 Å². The van der Waals surface area contributed by atoms with E-state index in [-0.39, 0.29) is 0 Å². The summed E-state index contributed by atoms with van der Waals surface area (Å²) in [5.41, 5.74) is 7.51. The minimum absolute atomic E-state index is 0.340. The normalized spacial score (nSPS) is 16.8. The van der Waals surface area contributed by atoms with Crippen LogP contribution in [0.1, 0.15) is 31.4 Å². The van der Waals surface area contributed by atoms with Crippen LogP contribution in [0, 0.1) is 5.92 Å². The van der Waals surface area contributed by atoms with Crippen LogP contribution in [0.5, 0.6) is 0 Å². The van der Waals surface area contributed by atoms with Crippen molar-refractivity contribution in [2.45, 2.75) is 25.8 Å². The van der Waals surface area contributed by atoms with Crippen LogP contribution >= 0.6 is 0 Å². The van der Waals surface area contributed by atoms with Crippen LogP contribution in [0.4, 0.5) is 0 Å². The summed E-state index contributed by atoms with van der Waals surface area (Å²) in [5.74, 6) is 0.902. The standard InChI is InChI=1S/C18H24N2/c1-2-20(13-14-10-11-14)18(12-19)17-9-5-7-15-6-3-4-8-16(15)17/h3-9,14,18H,2,10-13,19H2,1H3. The predicted octanol–water partition coefficient (Wildman–Crippen LogP) is 3.57. The van der Waals surface area contributed by atoms with E-state index in [1.165, 1.54) is 35.7 Å². The van der Waals surface area contributed by atoms with Crippen molar-refractivity contribution in [3.63, 3.8) is 0 Å². The fourth-order valence-corrected chi connectivity index (χ4v) is 3.12. The molecule has 2 aromatic carbocycles. The highest BCUT2D eigenvalue weighted by Crippen LogP contribution is 2.34. The molecule has 0 bridgehead atoms. The number of hydrogen-bond acceptors (Lipinski definition) is 2. The van der Waals surface area contributed by atoms with Gasteiger partial charge in [-0.3, -0.25) is 4.90 Å². The molecular formula is C18H24N2. The summed E-state index contributed by atoms with van der Waals surface area (Å²) < 4.78 is 0. The average molecular weight is 268 g/mol. The highest BCUT2D eigenvalue weighted by Gasteiger charge is 2.28. The first kappa shape index (κ1) is 13.6. The molecule has 0 spiro atoms. The summed E-state index contributed by atoms with van der Waals surface area (Å²) in [6, 6.07) is 15.6. The van der Waals surface area contributed by atoms with Gasteiger partial charge < -0.3 is 5.73 Å². The second-order valence-corrected chi connectivity index (χ2v) is 5.85. The average Bonchev–Trinajstić information content (AvgIpc) is 3.31. The molecular weight excluding hydrogens is 244 g/mol. The van der Waals surface area contributed by atoms with Crippen molar-refractivity contribution < 1.29 is 0 Å². The van der Waals surface area contributed by atoms with E-state index in [9.17, 15) is 0 Å². The fraction of sp³-hybridized carbons (Fsp3) is 0.444. The van der Waals surface area contributed by atoms with Crippen LogP contribution in [0.3, 0.4) is 0 Å². The molecule has 106 valence electrons. The summed E-state index contributed by atoms with van der Waals surface area (Å²) in [6.07, 6.45) is 2.78. The summed E-state index contributed by atoms with van der Waals surface area (Å²) in [7, 11) is 0. The quantitative estimate of drug-likeness (QED) is 0.867. The lowest BCUT2D eigenvalue weighted by molar-refractivity contribution is 0.204. The molecule has 1 fully saturated rings. The van der Waals surface area contributed by atoms with Crippen LogP contribution in [-0.2, 0) is 0 Å². The van der Waals surface area contributed by atoms with Crippen LogP contribution in [0.15, 0.2) is 42.5 Å². The Morgan fingerprint density at radius 2 is 1.90 bits per heavy atom. The molecule has 0 saturated heterocycles. The van der Waals surface area contributed by atoms with E-state index in [4.69, 9.17) is 5.73 Å². The molecule has 0 heterocycles. The van der Waals surface area contributed by atoms with Crippen molar-refractivity contribution in [2.75, 3.05) is 19.6 Å². The molecule has 0 aromatic heterocycles. The second-order valence-electron chi connectivity index (χ2n) is 5.85. The Bertz CT molecular complexity index is 569. The van der Waals surface area contributed by atoms with E-state index < -0.39 is 0 Å². The van der Waals surface area contributed by atoms with E-state index in [0.717, 1.165) is 12.5 Å². The molecule has 2 heteroatoms. The molecule has 2 aromatic rings. The molecule has 2 N–H and O–H groups in total. The minimum Gasteiger partial charge on any atom is -0.329 e. The van der Waals surface area contributed by atoms with E-state index in [1.807, 2.05) is 0 Å². The lowest BCUT2D eigenvalue weighted by atomic mass is 9.97. The van der Waals surface area contributed by atoms with Crippen molar-refractivity contribution in [3.05, 3.63) is 48.0 Å². The molecule has 1 aliphatic rings. The zero-order valence-corrected chi connectivity index (χ0v) is 12.3. The molecule has 2 nitrogen and oxygen atoms in total. The van der Waals surface area contributed by atoms with Gasteiger partial charge in [0.15, 0.2) is 0 Å². The van der Waals surface area contributed by atoms with Crippen molar-refractivity contribution >= 4 is 10.8 Å². The van der Waals surface area contributed by atoms with E-state index >= 15 is 0 Å². The first-order valence-electron chi connectivity index (χ1n) is 7.75. The molecule has 1 unspecified atom stereocenters. The molecule has 0 amide bonds. The van der Waals surface area contributed by atoms with Gasteiger partial charge in [0.2, 0.25) is 0 Å². The zero-order chi connectivity index (χ0) is 13.9. The molecule has 0 radical (unpaired) electrons. The van der Waals surface area contributed by atoms with Gasteiger partial charge in [-0.05, 0) is 41.6 Å². The maximum absolute atomic E-state index is 6.13. The van der Waals surface area contributed by atoms with Gasteiger partial charge in [0.1, 0.15) is 0 Å². The molecule has 1 aliphatic carbocycles. The Balaban J connectivity index is 1.96. The Labute approximate surface area is 121 Å². The molecule has 20 heavy (non-hydrogen) atoms. The molecule has 0 aliphatic heterocycles. The number of hydrogen-bond donors (Lipinski definition) is 1. The van der Waals surface area contributed by atoms with Crippen LogP contribution in [0.2, 0.25) is 0 Å². The van der Waals surface area contributed by atoms with Gasteiger partial charge in [-0.1, -0.05) is 49.4 Å². The molecule has 3 rings (SSSR count). The summed E-state index contributed by atoms with van der Waals surface area (Å²) in [4.78, 5) is 2.55. The van der Waals surface area contributed by atoms with Gasteiger partial charge in [-0.25, -0.2) is 0 Å². The Kier molecular flexibility index (Phi) is 4.04. The summed E-state index contributed by atoms with van der Waals surface area (Å²) >= 11 is 0. The highest BCUT2D eigenvalue weighted by atomic mass is 15.2. The molecule has 1 atom stereocenters. The van der Waals surface area contributed by atoms with Gasteiger partial charge in [-0.15, -0.1) is 0 Å². The highest BCUT2D eigenvalue weighted by molar-refractivity contribution is 5.86. The monoisotopic (exact) mass is 268 g/mol. The van der Waals surface area contributed by atoms with Crippen LogP contribution < -0.4 is 5.73 Å². The lowest BCUT2D eigenvalue weighted by Gasteiger charge is -2.31. The molecule has 1 saturated carbocycles. The van der Waals surface area contributed by atoms with Gasteiger partial charge >= 0.3 is 0 Å². The van der Waals surface area contributed by atoms with Gasteiger partial charge in [0, 0.05) is 19.1 Å². The Hall–Kier alpha value is -1.38. The number of rotatable bonds is 6. The van der Waals surface area contributed by atoms with E-state index in [0.29, 0.717) is 12.6 Å². The SMILES string of the molecule is CCN(CC1CC1)C(CN)c1cccc2ccccc12. The third-order valence-electron chi connectivity index (χ3n) is 4.44. The van der Waals surface area contributed by atoms with Gasteiger partial charge in [0.25, 0.3) is 0 Å². The largest absolute Gasteiger partial charge is 0.329 e. The van der Waals surface area contributed by atoms with E-state index in [1.54, 1.807) is 0 Å². The third-order valence-corrected chi connectivity index (χ3v) is 4.44. The maximum atomic E-state index is 6.13. The number of nitrogens with zero attached hydrogens (tertiary/aromatic N) is 1. The minimum atomic E-state index is 0.340. The fourth-order valence-electron chi connectivity index (χ4n) is 3.12.